The minimum Gasteiger partial charge on any atom is -0.459 e. The van der Waals surface area contributed by atoms with E-state index >= 15 is 0 Å². The molecule has 0 atom stereocenters. The van der Waals surface area contributed by atoms with Gasteiger partial charge in [-0.15, -0.1) is 0 Å². The molecule has 156 valence electrons. The van der Waals surface area contributed by atoms with Gasteiger partial charge in [0.05, 0.1) is 16.8 Å². The van der Waals surface area contributed by atoms with E-state index in [9.17, 15) is 13.2 Å². The third-order valence-corrected chi connectivity index (χ3v) is 6.61. The fourth-order valence-corrected chi connectivity index (χ4v) is 4.43. The quantitative estimate of drug-likeness (QED) is 0.464. The molecule has 31 heavy (non-hydrogen) atoms. The Balaban J connectivity index is 1.59. The molecule has 0 radical (unpaired) electrons. The smallest absolute Gasteiger partial charge is 0.292 e. The number of sulfonamides is 1. The van der Waals surface area contributed by atoms with Crippen molar-refractivity contribution >= 4 is 27.3 Å². The van der Waals surface area contributed by atoms with Crippen molar-refractivity contribution in [1.29, 1.82) is 0 Å². The fraction of sp³-hybridized carbons (Fsp3) is 0.0417. The molecule has 0 fully saturated rings. The van der Waals surface area contributed by atoms with E-state index < -0.39 is 15.9 Å². The van der Waals surface area contributed by atoms with Crippen molar-refractivity contribution in [3.8, 4) is 11.1 Å². The first-order valence-electron chi connectivity index (χ1n) is 9.55. The summed E-state index contributed by atoms with van der Waals surface area (Å²) in [5.41, 5.74) is 2.40. The van der Waals surface area contributed by atoms with Crippen LogP contribution in [0.3, 0.4) is 0 Å². The van der Waals surface area contributed by atoms with Crippen LogP contribution in [0.25, 0.3) is 11.1 Å². The molecule has 1 N–H and O–H groups in total. The predicted octanol–water partition coefficient (Wildman–Crippen LogP) is 5.02. The zero-order chi connectivity index (χ0) is 21.8. The highest BCUT2D eigenvalue weighted by molar-refractivity contribution is 7.92. The van der Waals surface area contributed by atoms with Crippen molar-refractivity contribution in [3.63, 3.8) is 0 Å². The van der Waals surface area contributed by atoms with Gasteiger partial charge in [0.1, 0.15) is 0 Å². The Labute approximate surface area is 180 Å². The number of hydrogen-bond donors (Lipinski definition) is 1. The summed E-state index contributed by atoms with van der Waals surface area (Å²) >= 11 is 0. The van der Waals surface area contributed by atoms with E-state index in [-0.39, 0.29) is 10.7 Å². The number of rotatable bonds is 6. The lowest BCUT2D eigenvalue weighted by Gasteiger charge is -2.19. The molecule has 4 aromatic rings. The number of amides is 1. The molecular weight excluding hydrogens is 412 g/mol. The number of benzene rings is 3. The largest absolute Gasteiger partial charge is 0.459 e. The second-order valence-electron chi connectivity index (χ2n) is 6.82. The van der Waals surface area contributed by atoms with Gasteiger partial charge in [-0.2, -0.15) is 0 Å². The van der Waals surface area contributed by atoms with E-state index in [0.717, 1.165) is 5.56 Å². The average Bonchev–Trinajstić information content (AvgIpc) is 3.30. The van der Waals surface area contributed by atoms with Crippen LogP contribution in [0.5, 0.6) is 0 Å². The van der Waals surface area contributed by atoms with Crippen LogP contribution in [0.1, 0.15) is 10.6 Å². The zero-order valence-corrected chi connectivity index (χ0v) is 17.5. The standard InChI is InChI=1S/C24H20N2O4S/c1-26(20-12-6-3-7-13-20)31(28,29)21-14-8-11-19(17-21)25-24(27)23-22(15-16-30-23)18-9-4-2-5-10-18/h2-17H,1H3,(H,25,27). The Hall–Kier alpha value is -3.84. The molecule has 0 aliphatic rings. The number of nitrogens with one attached hydrogen (secondary N) is 1. The number of anilines is 2. The molecule has 0 spiro atoms. The zero-order valence-electron chi connectivity index (χ0n) is 16.7. The SMILES string of the molecule is CN(c1ccccc1)S(=O)(=O)c1cccc(NC(=O)c2occc2-c2ccccc2)c1. The summed E-state index contributed by atoms with van der Waals surface area (Å²) in [5.74, 6) is -0.310. The highest BCUT2D eigenvalue weighted by Gasteiger charge is 2.22. The molecular formula is C24H20N2O4S. The van der Waals surface area contributed by atoms with E-state index in [2.05, 4.69) is 5.32 Å². The Morgan fingerprint density at radius 2 is 1.55 bits per heavy atom. The minimum absolute atomic E-state index is 0.0689. The number of nitrogens with zero attached hydrogens (tertiary/aromatic N) is 1. The third-order valence-electron chi connectivity index (χ3n) is 4.83. The molecule has 0 unspecified atom stereocenters. The Bertz CT molecular complexity index is 1300. The van der Waals surface area contributed by atoms with Crippen LogP contribution in [0.4, 0.5) is 11.4 Å². The van der Waals surface area contributed by atoms with Gasteiger partial charge in [0.15, 0.2) is 5.76 Å². The van der Waals surface area contributed by atoms with Crippen molar-refractivity contribution in [2.24, 2.45) is 0 Å². The van der Waals surface area contributed by atoms with E-state index in [1.165, 1.54) is 29.7 Å². The lowest BCUT2D eigenvalue weighted by atomic mass is 10.1. The summed E-state index contributed by atoms with van der Waals surface area (Å²) in [7, 11) is -2.31. The summed E-state index contributed by atoms with van der Waals surface area (Å²) in [5, 5.41) is 2.73. The molecule has 1 amide bonds. The first-order valence-corrected chi connectivity index (χ1v) is 11.0. The Kier molecular flexibility index (Phi) is 5.60. The van der Waals surface area contributed by atoms with Crippen LogP contribution < -0.4 is 9.62 Å². The Morgan fingerprint density at radius 3 is 2.26 bits per heavy atom. The van der Waals surface area contributed by atoms with Crippen LogP contribution in [0.15, 0.2) is 107 Å². The van der Waals surface area contributed by atoms with Crippen LogP contribution in [0.2, 0.25) is 0 Å². The van der Waals surface area contributed by atoms with Gasteiger partial charge >= 0.3 is 0 Å². The number of carbonyl (C=O) groups excluding carboxylic acids is 1. The molecule has 0 saturated heterocycles. The number of carbonyl (C=O) groups is 1. The van der Waals surface area contributed by atoms with Gasteiger partial charge in [-0.05, 0) is 42.0 Å². The van der Waals surface area contributed by atoms with Crippen LogP contribution in [-0.4, -0.2) is 21.4 Å². The van der Waals surface area contributed by atoms with E-state index in [0.29, 0.717) is 16.9 Å². The highest BCUT2D eigenvalue weighted by Crippen LogP contribution is 2.27. The van der Waals surface area contributed by atoms with E-state index in [4.69, 9.17) is 4.42 Å². The van der Waals surface area contributed by atoms with Gasteiger partial charge in [-0.25, -0.2) is 8.42 Å². The Morgan fingerprint density at radius 1 is 0.871 bits per heavy atom. The number of hydrogen-bond acceptors (Lipinski definition) is 4. The van der Waals surface area contributed by atoms with Crippen molar-refractivity contribution in [2.75, 3.05) is 16.7 Å². The third kappa shape index (κ3) is 4.22. The summed E-state index contributed by atoms with van der Waals surface area (Å²) in [6.45, 7) is 0. The first kappa shape index (κ1) is 20.4. The maximum atomic E-state index is 13.0. The number of furan rings is 1. The number of para-hydroxylation sites is 1. The highest BCUT2D eigenvalue weighted by atomic mass is 32.2. The monoisotopic (exact) mass is 432 g/mol. The summed E-state index contributed by atoms with van der Waals surface area (Å²) in [6, 6.07) is 26.1. The molecule has 4 rings (SSSR count). The molecule has 1 heterocycles. The molecule has 6 nitrogen and oxygen atoms in total. The molecule has 0 aliphatic heterocycles. The second kappa shape index (κ2) is 8.49. The maximum absolute atomic E-state index is 13.0. The van der Waals surface area contributed by atoms with Gasteiger partial charge in [-0.3, -0.25) is 9.10 Å². The van der Waals surface area contributed by atoms with Gasteiger partial charge in [-0.1, -0.05) is 54.6 Å². The summed E-state index contributed by atoms with van der Waals surface area (Å²) < 4.78 is 32.7. The predicted molar refractivity (Wildman–Crippen MR) is 121 cm³/mol. The van der Waals surface area contributed by atoms with Gasteiger partial charge in [0, 0.05) is 18.3 Å². The lowest BCUT2D eigenvalue weighted by Crippen LogP contribution is -2.26. The lowest BCUT2D eigenvalue weighted by molar-refractivity contribution is 0.0997. The van der Waals surface area contributed by atoms with Gasteiger partial charge in [0.2, 0.25) is 0 Å². The molecule has 0 aliphatic carbocycles. The van der Waals surface area contributed by atoms with Crippen LogP contribution in [0, 0.1) is 0 Å². The van der Waals surface area contributed by atoms with E-state index in [1.807, 2.05) is 36.4 Å². The summed E-state index contributed by atoms with van der Waals surface area (Å²) in [6.07, 6.45) is 1.45. The average molecular weight is 433 g/mol. The maximum Gasteiger partial charge on any atom is 0.292 e. The van der Waals surface area contributed by atoms with Gasteiger partial charge in [0.25, 0.3) is 15.9 Å². The molecule has 3 aromatic carbocycles. The van der Waals surface area contributed by atoms with Gasteiger partial charge < -0.3 is 9.73 Å². The first-order chi connectivity index (χ1) is 15.0. The van der Waals surface area contributed by atoms with Crippen molar-refractivity contribution in [1.82, 2.24) is 0 Å². The minimum atomic E-state index is -3.80. The van der Waals surface area contributed by atoms with Crippen molar-refractivity contribution in [2.45, 2.75) is 4.90 Å². The normalized spacial score (nSPS) is 11.1. The molecule has 7 heteroatoms. The molecule has 1 aromatic heterocycles. The summed E-state index contributed by atoms with van der Waals surface area (Å²) in [4.78, 5) is 12.9. The van der Waals surface area contributed by atoms with Crippen LogP contribution in [-0.2, 0) is 10.0 Å². The molecule has 0 saturated carbocycles. The fourth-order valence-electron chi connectivity index (χ4n) is 3.19. The topological polar surface area (TPSA) is 79.6 Å². The van der Waals surface area contributed by atoms with E-state index in [1.54, 1.807) is 42.5 Å². The van der Waals surface area contributed by atoms with Crippen LogP contribution >= 0.6 is 0 Å². The molecule has 0 bridgehead atoms. The second-order valence-corrected chi connectivity index (χ2v) is 8.79. The van der Waals surface area contributed by atoms with Crippen molar-refractivity contribution in [3.05, 3.63) is 103 Å². The van der Waals surface area contributed by atoms with Crippen molar-refractivity contribution < 1.29 is 17.6 Å².